The van der Waals surface area contributed by atoms with Gasteiger partial charge in [-0.1, -0.05) is 25.0 Å². The van der Waals surface area contributed by atoms with E-state index in [0.717, 1.165) is 32.0 Å². The van der Waals surface area contributed by atoms with E-state index in [9.17, 15) is 14.4 Å². The molecule has 3 saturated heterocycles. The number of carbonyl (C=O) groups is 3. The molecule has 2 aliphatic carbocycles. The van der Waals surface area contributed by atoms with Crippen LogP contribution in [0.3, 0.4) is 0 Å². The second kappa shape index (κ2) is 8.98. The van der Waals surface area contributed by atoms with Crippen LogP contribution in [-0.4, -0.2) is 83.4 Å². The number of carbonyl (C=O) groups excluding carboxylic acids is 3. The van der Waals surface area contributed by atoms with E-state index in [1.54, 1.807) is 4.90 Å². The molecule has 5 fully saturated rings. The van der Waals surface area contributed by atoms with Gasteiger partial charge in [-0.25, -0.2) is 0 Å². The van der Waals surface area contributed by atoms with Crippen LogP contribution in [0.5, 0.6) is 0 Å². The maximum atomic E-state index is 13.8. The summed E-state index contributed by atoms with van der Waals surface area (Å²) in [5.74, 6) is 0.0197. The van der Waals surface area contributed by atoms with Crippen LogP contribution >= 0.6 is 0 Å². The minimum Gasteiger partial charge on any atom is -0.366 e. The highest BCUT2D eigenvalue weighted by atomic mass is 16.5. The number of Topliss-reactive ketones (excluding diaryl/α,β-unsaturated/α-hetero) is 1. The Balaban J connectivity index is 1.13. The molecule has 3 N–H and O–H groups in total. The Morgan fingerprint density at radius 3 is 2.37 bits per heavy atom. The summed E-state index contributed by atoms with van der Waals surface area (Å²) >= 11 is 0. The zero-order valence-corrected chi connectivity index (χ0v) is 20.3. The molecule has 3 atom stereocenters. The first-order valence-corrected chi connectivity index (χ1v) is 13.3. The van der Waals surface area contributed by atoms with Crippen molar-refractivity contribution in [1.29, 1.82) is 0 Å². The van der Waals surface area contributed by atoms with E-state index in [-0.39, 0.29) is 36.8 Å². The lowest BCUT2D eigenvalue weighted by Gasteiger charge is -2.35. The molecule has 2 amide bonds. The summed E-state index contributed by atoms with van der Waals surface area (Å²) in [6.45, 7) is 2.61. The number of ketones is 1. The van der Waals surface area contributed by atoms with Crippen molar-refractivity contribution >= 4 is 17.6 Å². The second-order valence-electron chi connectivity index (χ2n) is 11.2. The van der Waals surface area contributed by atoms with Crippen molar-refractivity contribution in [2.24, 2.45) is 5.73 Å². The molecule has 0 radical (unpaired) electrons. The molecule has 3 aliphatic heterocycles. The average Bonchev–Trinajstić information content (AvgIpc) is 3.36. The average molecular weight is 481 g/mol. The van der Waals surface area contributed by atoms with Gasteiger partial charge < -0.3 is 25.6 Å². The number of piperidine rings is 1. The molecule has 3 heterocycles. The third kappa shape index (κ3) is 4.19. The van der Waals surface area contributed by atoms with Crippen LogP contribution < -0.4 is 11.1 Å². The Hall–Kier alpha value is -2.29. The number of rotatable bonds is 5. The van der Waals surface area contributed by atoms with Gasteiger partial charge in [0.15, 0.2) is 5.78 Å². The van der Waals surface area contributed by atoms with Crippen molar-refractivity contribution in [1.82, 2.24) is 15.1 Å². The highest BCUT2D eigenvalue weighted by Crippen LogP contribution is 2.37. The van der Waals surface area contributed by atoms with Crippen LogP contribution in [0.15, 0.2) is 24.3 Å². The molecule has 1 aromatic rings. The van der Waals surface area contributed by atoms with Crippen molar-refractivity contribution in [2.45, 2.75) is 87.1 Å². The van der Waals surface area contributed by atoms with Crippen molar-refractivity contribution in [3.63, 3.8) is 0 Å². The van der Waals surface area contributed by atoms with Gasteiger partial charge in [-0.2, -0.15) is 0 Å². The summed E-state index contributed by atoms with van der Waals surface area (Å²) in [6, 6.07) is 7.75. The lowest BCUT2D eigenvalue weighted by atomic mass is 9.88. The lowest BCUT2D eigenvalue weighted by Crippen LogP contribution is -2.60. The van der Waals surface area contributed by atoms with Crippen molar-refractivity contribution in [2.75, 3.05) is 26.2 Å². The highest BCUT2D eigenvalue weighted by Gasteiger charge is 2.55. The number of nitrogens with two attached hydrogens (primary N) is 1. The largest absolute Gasteiger partial charge is 0.366 e. The molecule has 35 heavy (non-hydrogen) atoms. The summed E-state index contributed by atoms with van der Waals surface area (Å²) in [7, 11) is 0. The summed E-state index contributed by atoms with van der Waals surface area (Å²) in [5.41, 5.74) is 7.06. The molecule has 6 rings (SSSR count). The van der Waals surface area contributed by atoms with E-state index in [1.165, 1.54) is 31.2 Å². The van der Waals surface area contributed by atoms with Crippen LogP contribution in [0, 0.1) is 0 Å². The Labute approximate surface area is 206 Å². The zero-order chi connectivity index (χ0) is 24.2. The van der Waals surface area contributed by atoms with E-state index in [0.29, 0.717) is 24.3 Å². The van der Waals surface area contributed by atoms with Crippen LogP contribution in [0.1, 0.15) is 73.2 Å². The lowest BCUT2D eigenvalue weighted by molar-refractivity contribution is -0.142. The van der Waals surface area contributed by atoms with Gasteiger partial charge in [0.2, 0.25) is 5.91 Å². The van der Waals surface area contributed by atoms with Gasteiger partial charge in [0.25, 0.3) is 5.91 Å². The highest BCUT2D eigenvalue weighted by molar-refractivity contribution is 6.01. The van der Waals surface area contributed by atoms with Gasteiger partial charge in [0.1, 0.15) is 24.3 Å². The summed E-state index contributed by atoms with van der Waals surface area (Å²) in [4.78, 5) is 43.7. The molecule has 0 aromatic heterocycles. The number of hydrogen-bond acceptors (Lipinski definition) is 6. The zero-order valence-electron chi connectivity index (χ0n) is 20.3. The van der Waals surface area contributed by atoms with Gasteiger partial charge >= 0.3 is 0 Å². The maximum absolute atomic E-state index is 13.8. The molecule has 5 aliphatic rings. The third-order valence-electron chi connectivity index (χ3n) is 8.94. The van der Waals surface area contributed by atoms with E-state index < -0.39 is 17.7 Å². The molecule has 1 aromatic carbocycles. The van der Waals surface area contributed by atoms with Crippen molar-refractivity contribution < 1.29 is 19.1 Å². The van der Waals surface area contributed by atoms with Crippen molar-refractivity contribution in [3.8, 4) is 0 Å². The fourth-order valence-electron chi connectivity index (χ4n) is 6.78. The molecular weight excluding hydrogens is 444 g/mol. The number of ether oxygens (including phenoxy) is 1. The normalized spacial score (nSPS) is 31.1. The number of likely N-dealkylation sites (tertiary alicyclic amines) is 2. The van der Waals surface area contributed by atoms with Gasteiger partial charge in [-0.05, 0) is 75.2 Å². The number of hydrogen-bond donors (Lipinski definition) is 2. The van der Waals surface area contributed by atoms with E-state index in [1.807, 2.05) is 12.1 Å². The summed E-state index contributed by atoms with van der Waals surface area (Å²) in [6.07, 6.45) is 7.49. The van der Waals surface area contributed by atoms with E-state index in [4.69, 9.17) is 10.5 Å². The van der Waals surface area contributed by atoms with Crippen LogP contribution in [0.4, 0.5) is 0 Å². The molecule has 188 valence electrons. The first-order valence-electron chi connectivity index (χ1n) is 13.3. The second-order valence-corrected chi connectivity index (χ2v) is 11.2. The Kier molecular flexibility index (Phi) is 5.93. The molecule has 2 saturated carbocycles. The van der Waals surface area contributed by atoms with Crippen LogP contribution in [0.2, 0.25) is 0 Å². The number of nitrogens with zero attached hydrogens (tertiary/aromatic N) is 2. The van der Waals surface area contributed by atoms with Gasteiger partial charge in [-0.3, -0.25) is 14.4 Å². The van der Waals surface area contributed by atoms with Gasteiger partial charge in [-0.15, -0.1) is 0 Å². The van der Waals surface area contributed by atoms with Crippen LogP contribution in [-0.2, 0) is 14.3 Å². The Bertz CT molecular complexity index is 993. The number of amides is 2. The first kappa shape index (κ1) is 23.1. The van der Waals surface area contributed by atoms with Crippen LogP contribution in [0.25, 0.3) is 0 Å². The van der Waals surface area contributed by atoms with Gasteiger partial charge in [0, 0.05) is 18.2 Å². The van der Waals surface area contributed by atoms with Crippen molar-refractivity contribution in [3.05, 3.63) is 35.4 Å². The quantitative estimate of drug-likeness (QED) is 0.663. The standard InChI is InChI=1S/C27H36N4O4/c28-21-15-31(23-22(32)16-35-24(21)23)26(34)27(11-1-2-12-27)29-25(33)19-5-3-17(4-6-19)18-9-13-30(14-10-18)20-7-8-20/h3-6,18,20-21,23-24H,1-2,7-16,28H2,(H,29,33)/t21-,23+,24+/m0/s1. The van der Waals surface area contributed by atoms with Gasteiger partial charge in [0.05, 0.1) is 6.04 Å². The third-order valence-corrected chi connectivity index (χ3v) is 8.94. The minimum absolute atomic E-state index is 0.00186. The molecule has 0 spiro atoms. The first-order chi connectivity index (χ1) is 16.9. The summed E-state index contributed by atoms with van der Waals surface area (Å²) in [5, 5.41) is 3.09. The molecule has 0 unspecified atom stereocenters. The number of benzene rings is 1. The van der Waals surface area contributed by atoms with E-state index >= 15 is 0 Å². The number of nitrogens with one attached hydrogen (secondary N) is 1. The fourth-order valence-corrected chi connectivity index (χ4v) is 6.78. The molecule has 8 nitrogen and oxygen atoms in total. The predicted octanol–water partition coefficient (Wildman–Crippen LogP) is 1.58. The number of fused-ring (bicyclic) bond motifs is 1. The topological polar surface area (TPSA) is 105 Å². The monoisotopic (exact) mass is 480 g/mol. The SMILES string of the molecule is N[C@H]1CN(C(=O)C2(NC(=O)c3ccc(C4CCN(C5CC5)CC4)cc3)CCCC2)[C@@H]2C(=O)CO[C@@H]21. The summed E-state index contributed by atoms with van der Waals surface area (Å²) < 4.78 is 5.55. The van der Waals surface area contributed by atoms with E-state index in [2.05, 4.69) is 22.3 Å². The smallest absolute Gasteiger partial charge is 0.252 e. The predicted molar refractivity (Wildman–Crippen MR) is 130 cm³/mol. The Morgan fingerprint density at radius 2 is 1.71 bits per heavy atom. The fraction of sp³-hybridized carbons (Fsp3) is 0.667. The molecular formula is C27H36N4O4. The minimum atomic E-state index is -0.983. The maximum Gasteiger partial charge on any atom is 0.252 e. The molecule has 8 heteroatoms. The Morgan fingerprint density at radius 1 is 1.03 bits per heavy atom. The molecule has 0 bridgehead atoms.